The highest BCUT2D eigenvalue weighted by molar-refractivity contribution is 4.62. The molecule has 1 atom stereocenters. The Kier molecular flexibility index (Phi) is 2.30. The lowest BCUT2D eigenvalue weighted by Gasteiger charge is -2.02. The Balaban J connectivity index is 2.06. The first-order chi connectivity index (χ1) is 3.93. The average molecular weight is 115 g/mol. The van der Waals surface area contributed by atoms with Gasteiger partial charge in [0.25, 0.3) is 0 Å². The normalized spacial score (nSPS) is 28.9. The average Bonchev–Trinajstić information content (AvgIpc) is 2.19. The van der Waals surface area contributed by atoms with E-state index < -0.39 is 0 Å². The Labute approximate surface area is 49.8 Å². The van der Waals surface area contributed by atoms with Gasteiger partial charge in [0.1, 0.15) is 0 Å². The molecule has 1 unspecified atom stereocenters. The third-order valence-corrected chi connectivity index (χ3v) is 1.38. The number of hydrogen-bond acceptors (Lipinski definition) is 2. The van der Waals surface area contributed by atoms with E-state index in [1.807, 2.05) is 0 Å². The zero-order valence-electron chi connectivity index (χ0n) is 4.93. The maximum absolute atomic E-state index is 5.10. The van der Waals surface area contributed by atoms with Crippen molar-refractivity contribution in [2.24, 2.45) is 5.92 Å². The SMILES string of the molecule is [CH2]OCC1CCOC1. The molecule has 0 aromatic heterocycles. The van der Waals surface area contributed by atoms with Gasteiger partial charge in [-0.05, 0) is 6.42 Å². The quantitative estimate of drug-likeness (QED) is 0.530. The van der Waals surface area contributed by atoms with Crippen molar-refractivity contribution < 1.29 is 9.47 Å². The van der Waals surface area contributed by atoms with Crippen molar-refractivity contribution in [3.63, 3.8) is 0 Å². The van der Waals surface area contributed by atoms with Crippen LogP contribution < -0.4 is 0 Å². The Morgan fingerprint density at radius 2 is 2.62 bits per heavy atom. The molecule has 1 heterocycles. The third-order valence-electron chi connectivity index (χ3n) is 1.38. The molecular formula is C6H11O2. The van der Waals surface area contributed by atoms with E-state index >= 15 is 0 Å². The molecule has 0 aromatic rings. The fourth-order valence-corrected chi connectivity index (χ4v) is 0.881. The molecule has 2 heteroatoms. The monoisotopic (exact) mass is 115 g/mol. The smallest absolute Gasteiger partial charge is 0.0700 e. The van der Waals surface area contributed by atoms with Gasteiger partial charge in [0, 0.05) is 12.5 Å². The van der Waals surface area contributed by atoms with Crippen LogP contribution in [0.2, 0.25) is 0 Å². The van der Waals surface area contributed by atoms with E-state index in [2.05, 4.69) is 7.11 Å². The fraction of sp³-hybridized carbons (Fsp3) is 0.833. The molecule has 0 saturated carbocycles. The maximum atomic E-state index is 5.10. The molecule has 1 radical (unpaired) electrons. The van der Waals surface area contributed by atoms with Crippen molar-refractivity contribution in [2.75, 3.05) is 19.8 Å². The lowest BCUT2D eigenvalue weighted by molar-refractivity contribution is 0.148. The summed E-state index contributed by atoms with van der Waals surface area (Å²) in [6.07, 6.45) is 1.13. The first-order valence-corrected chi connectivity index (χ1v) is 2.88. The highest BCUT2D eigenvalue weighted by Gasteiger charge is 2.14. The van der Waals surface area contributed by atoms with Crippen molar-refractivity contribution in [3.05, 3.63) is 7.11 Å². The van der Waals surface area contributed by atoms with Crippen LogP contribution in [-0.2, 0) is 9.47 Å². The van der Waals surface area contributed by atoms with Gasteiger partial charge in [0.05, 0.1) is 20.3 Å². The van der Waals surface area contributed by atoms with Crippen LogP contribution in [0, 0.1) is 13.0 Å². The van der Waals surface area contributed by atoms with Gasteiger partial charge in [-0.3, -0.25) is 0 Å². The van der Waals surface area contributed by atoms with E-state index in [9.17, 15) is 0 Å². The van der Waals surface area contributed by atoms with Crippen LogP contribution in [0.1, 0.15) is 6.42 Å². The third kappa shape index (κ3) is 1.46. The first-order valence-electron chi connectivity index (χ1n) is 2.88. The molecule has 2 nitrogen and oxygen atoms in total. The van der Waals surface area contributed by atoms with E-state index in [1.54, 1.807) is 0 Å². The van der Waals surface area contributed by atoms with Gasteiger partial charge in [-0.1, -0.05) is 0 Å². The summed E-state index contributed by atoms with van der Waals surface area (Å²) >= 11 is 0. The van der Waals surface area contributed by atoms with Crippen LogP contribution in [0.25, 0.3) is 0 Å². The standard InChI is InChI=1S/C6H11O2/c1-7-4-6-2-3-8-5-6/h6H,1-5H2. The van der Waals surface area contributed by atoms with Crippen molar-refractivity contribution in [3.8, 4) is 0 Å². The Bertz CT molecular complexity index is 57.5. The zero-order chi connectivity index (χ0) is 5.82. The van der Waals surface area contributed by atoms with Crippen molar-refractivity contribution in [2.45, 2.75) is 6.42 Å². The molecule has 1 saturated heterocycles. The largest absolute Gasteiger partial charge is 0.381 e. The Morgan fingerprint density at radius 1 is 1.75 bits per heavy atom. The molecule has 0 N–H and O–H groups in total. The minimum absolute atomic E-state index is 0.604. The summed E-state index contributed by atoms with van der Waals surface area (Å²) in [5.74, 6) is 0.604. The lowest BCUT2D eigenvalue weighted by Crippen LogP contribution is -2.05. The van der Waals surface area contributed by atoms with Crippen LogP contribution in [-0.4, -0.2) is 19.8 Å². The molecule has 1 fully saturated rings. The van der Waals surface area contributed by atoms with Gasteiger partial charge in [-0.15, -0.1) is 0 Å². The molecule has 0 spiro atoms. The molecule has 0 aromatic carbocycles. The fourth-order valence-electron chi connectivity index (χ4n) is 0.881. The van der Waals surface area contributed by atoms with E-state index in [1.165, 1.54) is 0 Å². The summed E-state index contributed by atoms with van der Waals surface area (Å²) in [7, 11) is 3.29. The Morgan fingerprint density at radius 3 is 3.12 bits per heavy atom. The first kappa shape index (κ1) is 6.05. The van der Waals surface area contributed by atoms with Gasteiger partial charge in [-0.2, -0.15) is 0 Å². The predicted octanol–water partition coefficient (Wildman–Crippen LogP) is 0.831. The van der Waals surface area contributed by atoms with Crippen LogP contribution in [0.4, 0.5) is 0 Å². The molecular weight excluding hydrogens is 104 g/mol. The number of rotatable bonds is 2. The van der Waals surface area contributed by atoms with Gasteiger partial charge >= 0.3 is 0 Å². The molecule has 1 rings (SSSR count). The highest BCUT2D eigenvalue weighted by Crippen LogP contribution is 2.11. The summed E-state index contributed by atoms with van der Waals surface area (Å²) < 4.78 is 9.80. The van der Waals surface area contributed by atoms with Crippen LogP contribution >= 0.6 is 0 Å². The highest BCUT2D eigenvalue weighted by atomic mass is 16.5. The van der Waals surface area contributed by atoms with E-state index in [0.29, 0.717) is 5.92 Å². The van der Waals surface area contributed by atoms with Gasteiger partial charge in [-0.25, -0.2) is 0 Å². The second kappa shape index (κ2) is 3.05. The summed E-state index contributed by atoms with van der Waals surface area (Å²) in [6, 6.07) is 0. The molecule has 0 aliphatic carbocycles. The molecule has 0 amide bonds. The van der Waals surface area contributed by atoms with E-state index in [4.69, 9.17) is 9.47 Å². The van der Waals surface area contributed by atoms with Crippen molar-refractivity contribution in [1.82, 2.24) is 0 Å². The van der Waals surface area contributed by atoms with Crippen molar-refractivity contribution >= 4 is 0 Å². The summed E-state index contributed by atoms with van der Waals surface area (Å²) in [5, 5.41) is 0. The predicted molar refractivity (Wildman–Crippen MR) is 30.2 cm³/mol. The topological polar surface area (TPSA) is 18.5 Å². The molecule has 1 aliphatic heterocycles. The molecule has 0 bridgehead atoms. The lowest BCUT2D eigenvalue weighted by atomic mass is 10.1. The van der Waals surface area contributed by atoms with E-state index in [0.717, 1.165) is 26.2 Å². The molecule has 8 heavy (non-hydrogen) atoms. The van der Waals surface area contributed by atoms with Gasteiger partial charge in [0.2, 0.25) is 0 Å². The van der Waals surface area contributed by atoms with Crippen molar-refractivity contribution in [1.29, 1.82) is 0 Å². The van der Waals surface area contributed by atoms with Crippen LogP contribution in [0.15, 0.2) is 0 Å². The second-order valence-corrected chi connectivity index (χ2v) is 2.10. The summed E-state index contributed by atoms with van der Waals surface area (Å²) in [4.78, 5) is 0. The number of ether oxygens (including phenoxy) is 2. The van der Waals surface area contributed by atoms with E-state index in [-0.39, 0.29) is 0 Å². The van der Waals surface area contributed by atoms with Gasteiger partial charge in [0.15, 0.2) is 0 Å². The number of hydrogen-bond donors (Lipinski definition) is 0. The van der Waals surface area contributed by atoms with Gasteiger partial charge < -0.3 is 9.47 Å². The molecule has 1 aliphatic rings. The second-order valence-electron chi connectivity index (χ2n) is 2.10. The minimum atomic E-state index is 0.604. The zero-order valence-corrected chi connectivity index (χ0v) is 4.93. The van der Waals surface area contributed by atoms with Crippen LogP contribution in [0.3, 0.4) is 0 Å². The minimum Gasteiger partial charge on any atom is -0.381 e. The molecule has 47 valence electrons. The Hall–Kier alpha value is -0.0800. The summed E-state index contributed by atoms with van der Waals surface area (Å²) in [6.45, 7) is 2.50. The van der Waals surface area contributed by atoms with Crippen LogP contribution in [0.5, 0.6) is 0 Å². The summed E-state index contributed by atoms with van der Waals surface area (Å²) in [5.41, 5.74) is 0. The maximum Gasteiger partial charge on any atom is 0.0700 e.